The van der Waals surface area contributed by atoms with Crippen molar-refractivity contribution in [3.63, 3.8) is 0 Å². The Labute approximate surface area is 126 Å². The van der Waals surface area contributed by atoms with Crippen LogP contribution in [0.1, 0.15) is 11.1 Å². The Balaban J connectivity index is 2.18. The van der Waals surface area contributed by atoms with Gasteiger partial charge in [0.1, 0.15) is 0 Å². The molecule has 1 aromatic heterocycles. The van der Waals surface area contributed by atoms with Crippen LogP contribution in [0.4, 0.5) is 0 Å². The Morgan fingerprint density at radius 3 is 2.45 bits per heavy atom. The lowest BCUT2D eigenvalue weighted by atomic mass is 10.2. The van der Waals surface area contributed by atoms with Crippen LogP contribution in [0.5, 0.6) is 0 Å². The first kappa shape index (κ1) is 15.1. The van der Waals surface area contributed by atoms with Crippen molar-refractivity contribution >= 4 is 26.0 Å². The third-order valence-electron chi connectivity index (χ3n) is 2.74. The molecule has 0 radical (unpaired) electrons. The maximum atomic E-state index is 12.2. The summed E-state index contributed by atoms with van der Waals surface area (Å²) in [7, 11) is -3.57. The molecule has 0 saturated heterocycles. The maximum absolute atomic E-state index is 12.2. The summed E-state index contributed by atoms with van der Waals surface area (Å²) in [6.45, 7) is 0.583. The molecule has 0 bridgehead atoms. The smallest absolute Gasteiger partial charge is 0.241 e. The van der Waals surface area contributed by atoms with E-state index in [9.17, 15) is 8.42 Å². The third kappa shape index (κ3) is 3.63. The molecule has 0 spiro atoms. The van der Waals surface area contributed by atoms with E-state index >= 15 is 0 Å². The van der Waals surface area contributed by atoms with Crippen molar-refractivity contribution in [3.8, 4) is 0 Å². The van der Waals surface area contributed by atoms with E-state index < -0.39 is 10.0 Å². The number of hydrogen-bond donors (Lipinski definition) is 2. The van der Waals surface area contributed by atoms with Gasteiger partial charge >= 0.3 is 0 Å². The Bertz CT molecular complexity index is 690. The van der Waals surface area contributed by atoms with Gasteiger partial charge in [-0.3, -0.25) is 4.98 Å². The maximum Gasteiger partial charge on any atom is 0.241 e. The molecule has 0 atom stereocenters. The SMILES string of the molecule is NCc1ccc(S(=O)(=O)NCc2ccncc2)c(Br)c1. The van der Waals surface area contributed by atoms with E-state index in [2.05, 4.69) is 25.6 Å². The molecule has 0 amide bonds. The molecular formula is C13H14BrN3O2S. The number of nitrogens with zero attached hydrogens (tertiary/aromatic N) is 1. The normalized spacial score (nSPS) is 11.5. The van der Waals surface area contributed by atoms with Crippen molar-refractivity contribution in [3.05, 3.63) is 58.3 Å². The molecule has 1 heterocycles. The van der Waals surface area contributed by atoms with E-state index in [4.69, 9.17) is 5.73 Å². The van der Waals surface area contributed by atoms with Crippen LogP contribution in [-0.2, 0) is 23.1 Å². The van der Waals surface area contributed by atoms with Crippen LogP contribution in [0.15, 0.2) is 52.1 Å². The van der Waals surface area contributed by atoms with E-state index in [1.165, 1.54) is 0 Å². The Hall–Kier alpha value is -1.28. The zero-order valence-electron chi connectivity index (χ0n) is 10.6. The highest BCUT2D eigenvalue weighted by molar-refractivity contribution is 9.10. The van der Waals surface area contributed by atoms with E-state index in [0.717, 1.165) is 11.1 Å². The molecule has 0 aliphatic rings. The number of halogens is 1. The summed E-state index contributed by atoms with van der Waals surface area (Å²) >= 11 is 3.27. The average Bonchev–Trinajstić information content (AvgIpc) is 2.46. The lowest BCUT2D eigenvalue weighted by Gasteiger charge is -2.09. The van der Waals surface area contributed by atoms with Gasteiger partial charge in [0.2, 0.25) is 10.0 Å². The van der Waals surface area contributed by atoms with Gasteiger partial charge in [-0.25, -0.2) is 13.1 Å². The lowest BCUT2D eigenvalue weighted by Crippen LogP contribution is -2.23. The van der Waals surface area contributed by atoms with Crippen LogP contribution in [0.2, 0.25) is 0 Å². The number of aromatic nitrogens is 1. The van der Waals surface area contributed by atoms with E-state index in [-0.39, 0.29) is 11.4 Å². The number of rotatable bonds is 5. The van der Waals surface area contributed by atoms with Gasteiger partial charge in [0.15, 0.2) is 0 Å². The Morgan fingerprint density at radius 1 is 1.15 bits per heavy atom. The molecule has 2 rings (SSSR count). The highest BCUT2D eigenvalue weighted by Gasteiger charge is 2.17. The average molecular weight is 356 g/mol. The van der Waals surface area contributed by atoms with E-state index in [1.54, 1.807) is 42.7 Å². The molecule has 0 aliphatic heterocycles. The summed E-state index contributed by atoms with van der Waals surface area (Å²) in [5, 5.41) is 0. The monoisotopic (exact) mass is 355 g/mol. The van der Waals surface area contributed by atoms with Crippen molar-refractivity contribution in [1.82, 2.24) is 9.71 Å². The van der Waals surface area contributed by atoms with Gasteiger partial charge in [0.05, 0.1) is 4.90 Å². The molecule has 0 saturated carbocycles. The minimum absolute atomic E-state index is 0.198. The van der Waals surface area contributed by atoms with Crippen LogP contribution in [0, 0.1) is 0 Å². The molecule has 0 aliphatic carbocycles. The fourth-order valence-electron chi connectivity index (χ4n) is 1.65. The molecule has 0 fully saturated rings. The predicted octanol–water partition coefficient (Wildman–Crippen LogP) is 1.78. The number of pyridine rings is 1. The standard InChI is InChI=1S/C13H14BrN3O2S/c14-12-7-11(8-15)1-2-13(12)20(18,19)17-9-10-3-5-16-6-4-10/h1-7,17H,8-9,15H2. The van der Waals surface area contributed by atoms with Gasteiger partial charge in [0.25, 0.3) is 0 Å². The number of sulfonamides is 1. The lowest BCUT2D eigenvalue weighted by molar-refractivity contribution is 0.580. The summed E-state index contributed by atoms with van der Waals surface area (Å²) in [5.74, 6) is 0. The Kier molecular flexibility index (Phi) is 4.87. The summed E-state index contributed by atoms with van der Waals surface area (Å²) in [6.07, 6.45) is 3.24. The second-order valence-corrected chi connectivity index (χ2v) is 6.74. The summed E-state index contributed by atoms with van der Waals surface area (Å²) in [6, 6.07) is 8.47. The highest BCUT2D eigenvalue weighted by atomic mass is 79.9. The van der Waals surface area contributed by atoms with Crippen LogP contribution in [0.25, 0.3) is 0 Å². The van der Waals surface area contributed by atoms with Crippen molar-refractivity contribution in [1.29, 1.82) is 0 Å². The van der Waals surface area contributed by atoms with Gasteiger partial charge in [-0.2, -0.15) is 0 Å². The van der Waals surface area contributed by atoms with Crippen molar-refractivity contribution in [2.75, 3.05) is 0 Å². The minimum Gasteiger partial charge on any atom is -0.326 e. The number of nitrogens with one attached hydrogen (secondary N) is 1. The molecule has 20 heavy (non-hydrogen) atoms. The fraction of sp³-hybridized carbons (Fsp3) is 0.154. The van der Waals surface area contributed by atoms with Crippen molar-refractivity contribution < 1.29 is 8.42 Å². The van der Waals surface area contributed by atoms with Crippen molar-refractivity contribution in [2.24, 2.45) is 5.73 Å². The number of nitrogens with two attached hydrogens (primary N) is 1. The predicted molar refractivity (Wildman–Crippen MR) is 80.3 cm³/mol. The molecule has 106 valence electrons. The van der Waals surface area contributed by atoms with E-state index in [1.807, 2.05) is 0 Å². The second kappa shape index (κ2) is 6.45. The van der Waals surface area contributed by atoms with Crippen molar-refractivity contribution in [2.45, 2.75) is 18.0 Å². The van der Waals surface area contributed by atoms with Gasteiger partial charge in [-0.05, 0) is 51.3 Å². The van der Waals surface area contributed by atoms with Crippen LogP contribution in [0.3, 0.4) is 0 Å². The highest BCUT2D eigenvalue weighted by Crippen LogP contribution is 2.23. The zero-order valence-corrected chi connectivity index (χ0v) is 13.0. The second-order valence-electron chi connectivity index (χ2n) is 4.15. The van der Waals surface area contributed by atoms with Gasteiger partial charge in [0, 0.05) is 30.0 Å². The first-order valence-corrected chi connectivity index (χ1v) is 8.17. The minimum atomic E-state index is -3.57. The summed E-state index contributed by atoms with van der Waals surface area (Å²) < 4.78 is 27.5. The van der Waals surface area contributed by atoms with E-state index in [0.29, 0.717) is 11.0 Å². The molecule has 3 N–H and O–H groups in total. The van der Waals surface area contributed by atoms with Gasteiger partial charge in [-0.1, -0.05) is 6.07 Å². The molecule has 0 unspecified atom stereocenters. The molecule has 2 aromatic rings. The quantitative estimate of drug-likeness (QED) is 0.855. The first-order chi connectivity index (χ1) is 9.53. The van der Waals surface area contributed by atoms with Gasteiger partial charge in [-0.15, -0.1) is 0 Å². The van der Waals surface area contributed by atoms with Crippen LogP contribution < -0.4 is 10.5 Å². The fourth-order valence-corrected chi connectivity index (χ4v) is 3.79. The molecule has 1 aromatic carbocycles. The van der Waals surface area contributed by atoms with Crippen LogP contribution >= 0.6 is 15.9 Å². The van der Waals surface area contributed by atoms with Crippen LogP contribution in [-0.4, -0.2) is 13.4 Å². The third-order valence-corrected chi connectivity index (χ3v) is 5.12. The molecular weight excluding hydrogens is 342 g/mol. The largest absolute Gasteiger partial charge is 0.326 e. The zero-order chi connectivity index (χ0) is 14.6. The summed E-state index contributed by atoms with van der Waals surface area (Å²) in [5.41, 5.74) is 7.23. The first-order valence-electron chi connectivity index (χ1n) is 5.90. The topological polar surface area (TPSA) is 85.1 Å². The molecule has 5 nitrogen and oxygen atoms in total. The Morgan fingerprint density at radius 2 is 1.85 bits per heavy atom. The molecule has 7 heteroatoms. The number of hydrogen-bond acceptors (Lipinski definition) is 4. The van der Waals surface area contributed by atoms with Gasteiger partial charge < -0.3 is 5.73 Å². The number of benzene rings is 1. The summed E-state index contributed by atoms with van der Waals surface area (Å²) in [4.78, 5) is 4.08.